The molecule has 0 bridgehead atoms. The second-order valence-electron chi connectivity index (χ2n) is 5.29. The van der Waals surface area contributed by atoms with E-state index in [0.29, 0.717) is 10.0 Å². The van der Waals surface area contributed by atoms with Crippen LogP contribution in [0.15, 0.2) is 22.9 Å². The molecule has 0 aliphatic carbocycles. The van der Waals surface area contributed by atoms with Crippen LogP contribution in [0.5, 0.6) is 0 Å². The minimum Gasteiger partial charge on any atom is -0.530 e. The van der Waals surface area contributed by atoms with E-state index in [-0.39, 0.29) is 27.3 Å². The molecule has 2 aromatic rings. The fourth-order valence-corrected chi connectivity index (χ4v) is 4.12. The van der Waals surface area contributed by atoms with Crippen molar-refractivity contribution in [3.8, 4) is 0 Å². The molecule has 9 heteroatoms. The second kappa shape index (κ2) is 11.5. The molecule has 2 N–H and O–H groups in total. The van der Waals surface area contributed by atoms with Crippen LogP contribution < -0.4 is 20.8 Å². The van der Waals surface area contributed by atoms with Gasteiger partial charge in [0, 0.05) is 0 Å². The van der Waals surface area contributed by atoms with Gasteiger partial charge in [0.05, 0.1) is 10.0 Å². The first-order chi connectivity index (χ1) is 11.6. The number of aryl methyl sites for hydroxylation is 2. The van der Waals surface area contributed by atoms with Crippen molar-refractivity contribution >= 4 is 44.9 Å². The van der Waals surface area contributed by atoms with Gasteiger partial charge in [-0.25, -0.2) is 0 Å². The molecule has 2 rings (SSSR count). The Balaban J connectivity index is 0.00000312. The van der Waals surface area contributed by atoms with Crippen molar-refractivity contribution in [3.05, 3.63) is 34.0 Å². The third-order valence-corrected chi connectivity index (χ3v) is 5.31. The number of unbranched alkanes of at least 4 members (excludes halogenated alkanes) is 3. The van der Waals surface area contributed by atoms with E-state index in [0.717, 1.165) is 49.7 Å². The van der Waals surface area contributed by atoms with Crippen molar-refractivity contribution in [3.63, 3.8) is 0 Å². The molecule has 0 radical (unpaired) electrons. The number of rotatable bonds is 9. The van der Waals surface area contributed by atoms with Crippen molar-refractivity contribution in [2.45, 2.75) is 38.5 Å². The first-order valence-electron chi connectivity index (χ1n) is 7.65. The molecule has 2 heterocycles. The summed E-state index contributed by atoms with van der Waals surface area (Å²) in [5.74, 6) is 0. The molecule has 6 nitrogen and oxygen atoms in total. The molecule has 25 heavy (non-hydrogen) atoms. The maximum Gasteiger partial charge on any atom is 2.00 e. The van der Waals surface area contributed by atoms with Crippen LogP contribution in [-0.2, 0) is 40.1 Å². The molecule has 0 aliphatic heterocycles. The van der Waals surface area contributed by atoms with E-state index < -0.39 is 12.2 Å². The Labute approximate surface area is 174 Å². The summed E-state index contributed by atoms with van der Waals surface area (Å²) in [5.41, 5.74) is 2.00. The van der Waals surface area contributed by atoms with E-state index in [1.165, 1.54) is 22.7 Å². The summed E-state index contributed by atoms with van der Waals surface area (Å²) in [6.07, 6.45) is 3.12. The van der Waals surface area contributed by atoms with E-state index in [2.05, 4.69) is 10.6 Å². The number of hydrogen-bond acceptors (Lipinski definition) is 6. The molecule has 0 unspecified atom stereocenters. The number of thiophene rings is 2. The number of carboxylic acid groups (broad SMARTS) is 2. The summed E-state index contributed by atoms with van der Waals surface area (Å²) >= 11 is 2.72. The Bertz CT molecular complexity index is 629. The van der Waals surface area contributed by atoms with E-state index in [9.17, 15) is 19.8 Å². The summed E-state index contributed by atoms with van der Waals surface area (Å²) in [6.45, 7) is 0. The van der Waals surface area contributed by atoms with Gasteiger partial charge in [-0.2, -0.15) is 0 Å². The van der Waals surface area contributed by atoms with Gasteiger partial charge < -0.3 is 30.4 Å². The number of anilines is 2. The third kappa shape index (κ3) is 7.74. The molecule has 0 saturated carbocycles. The van der Waals surface area contributed by atoms with E-state index >= 15 is 0 Å². The number of carbonyl (C=O) groups excluding carboxylic acids is 2. The van der Waals surface area contributed by atoms with Crippen LogP contribution in [-0.4, -0.2) is 12.2 Å². The molecule has 0 saturated heterocycles. The molecular formula is C16H18CdN2O4S2. The normalized spacial score (nSPS) is 10.1. The Morgan fingerprint density at radius 2 is 1.20 bits per heavy atom. The Kier molecular flexibility index (Phi) is 10.1. The van der Waals surface area contributed by atoms with Crippen LogP contribution in [0.4, 0.5) is 19.6 Å². The molecule has 130 valence electrons. The summed E-state index contributed by atoms with van der Waals surface area (Å²) in [6, 6.07) is 3.86. The van der Waals surface area contributed by atoms with Crippen LogP contribution in [0.2, 0.25) is 0 Å². The van der Waals surface area contributed by atoms with Gasteiger partial charge in [0.1, 0.15) is 12.2 Å². The largest absolute Gasteiger partial charge is 2.00 e. The summed E-state index contributed by atoms with van der Waals surface area (Å²) in [5, 5.41) is 30.8. The summed E-state index contributed by atoms with van der Waals surface area (Å²) in [7, 11) is 0. The summed E-state index contributed by atoms with van der Waals surface area (Å²) < 4.78 is 0. The molecule has 0 fully saturated rings. The fraction of sp³-hybridized carbons (Fsp3) is 0.375. The Morgan fingerprint density at radius 1 is 0.800 bits per heavy atom. The molecule has 0 aromatic carbocycles. The number of hydrogen-bond donors (Lipinski definition) is 2. The predicted octanol–water partition coefficient (Wildman–Crippen LogP) is 2.66. The SMILES string of the molecule is O=C([O-])Nc1sccc1CCCCCCc1ccsc1NC(=O)[O-].[Cd+2]. The quantitative estimate of drug-likeness (QED) is 0.427. The molecule has 2 aromatic heterocycles. The number of amides is 2. The fourth-order valence-electron chi connectivity index (χ4n) is 2.45. The van der Waals surface area contributed by atoms with E-state index in [1.807, 2.05) is 22.9 Å². The van der Waals surface area contributed by atoms with Crippen LogP contribution in [0, 0.1) is 0 Å². The second-order valence-corrected chi connectivity index (χ2v) is 7.12. The van der Waals surface area contributed by atoms with E-state index in [1.54, 1.807) is 0 Å². The van der Waals surface area contributed by atoms with Crippen LogP contribution in [0.3, 0.4) is 0 Å². The van der Waals surface area contributed by atoms with E-state index in [4.69, 9.17) is 0 Å². The van der Waals surface area contributed by atoms with Crippen molar-refractivity contribution in [1.82, 2.24) is 0 Å². The van der Waals surface area contributed by atoms with Gasteiger partial charge in [-0.3, -0.25) is 0 Å². The van der Waals surface area contributed by atoms with Gasteiger partial charge in [0.2, 0.25) is 0 Å². The standard InChI is InChI=1S/C16H20N2O4S2.Cd/c19-15(20)17-13-11(7-9-23-13)5-3-1-2-4-6-12-8-10-24-14(12)18-16(21)22;/h7-10,17-18H,1-6H2,(H,19,20)(H,21,22);/q;+2/p-2. The maximum absolute atomic E-state index is 10.6. The van der Waals surface area contributed by atoms with Gasteiger partial charge in [-0.1, -0.05) is 12.8 Å². The van der Waals surface area contributed by atoms with Crippen LogP contribution in [0.25, 0.3) is 0 Å². The van der Waals surface area contributed by atoms with Crippen LogP contribution in [0.1, 0.15) is 36.8 Å². The Hall–Kier alpha value is -1.14. The molecule has 0 aliphatic rings. The molecule has 0 atom stereocenters. The first kappa shape index (κ1) is 21.9. The van der Waals surface area contributed by atoms with Crippen molar-refractivity contribution < 1.29 is 47.1 Å². The molecule has 2 amide bonds. The maximum atomic E-state index is 10.6. The number of carbonyl (C=O) groups is 2. The number of nitrogens with one attached hydrogen (secondary N) is 2. The van der Waals surface area contributed by atoms with Gasteiger partial charge in [-0.15, -0.1) is 22.7 Å². The third-order valence-electron chi connectivity index (χ3n) is 3.57. The van der Waals surface area contributed by atoms with Crippen molar-refractivity contribution in [1.29, 1.82) is 0 Å². The minimum atomic E-state index is -1.28. The average molecular weight is 479 g/mol. The first-order valence-corrected chi connectivity index (χ1v) is 9.41. The van der Waals surface area contributed by atoms with Gasteiger partial charge >= 0.3 is 27.3 Å². The molecular weight excluding hydrogens is 461 g/mol. The average Bonchev–Trinajstić information content (AvgIpc) is 3.11. The topological polar surface area (TPSA) is 104 Å². The smallest absolute Gasteiger partial charge is 0.530 e. The predicted molar refractivity (Wildman–Crippen MR) is 92.6 cm³/mol. The van der Waals surface area contributed by atoms with Gasteiger partial charge in [0.15, 0.2) is 0 Å². The zero-order valence-corrected chi connectivity index (χ0v) is 19.4. The zero-order valence-electron chi connectivity index (χ0n) is 13.7. The minimum absolute atomic E-state index is 0. The summed E-state index contributed by atoms with van der Waals surface area (Å²) in [4.78, 5) is 21.2. The van der Waals surface area contributed by atoms with Gasteiger partial charge in [0.25, 0.3) is 0 Å². The van der Waals surface area contributed by atoms with Crippen molar-refractivity contribution in [2.75, 3.05) is 10.6 Å². The van der Waals surface area contributed by atoms with Gasteiger partial charge in [-0.05, 0) is 59.7 Å². The Morgan fingerprint density at radius 3 is 1.56 bits per heavy atom. The zero-order chi connectivity index (χ0) is 17.4. The molecule has 0 spiro atoms. The monoisotopic (exact) mass is 480 g/mol. The van der Waals surface area contributed by atoms with Crippen LogP contribution >= 0.6 is 22.7 Å². The van der Waals surface area contributed by atoms with Crippen molar-refractivity contribution in [2.24, 2.45) is 0 Å².